The number of ether oxygens (including phenoxy) is 1. The van der Waals surface area contributed by atoms with Crippen LogP contribution in [0, 0.1) is 0 Å². The summed E-state index contributed by atoms with van der Waals surface area (Å²) in [6.45, 7) is 7.25. The summed E-state index contributed by atoms with van der Waals surface area (Å²) >= 11 is 0. The van der Waals surface area contributed by atoms with Gasteiger partial charge in [-0.25, -0.2) is 4.79 Å². The highest BCUT2D eigenvalue weighted by atomic mass is 35.5. The number of pyridine rings is 1. The summed E-state index contributed by atoms with van der Waals surface area (Å²) in [4.78, 5) is 12.9. The lowest BCUT2D eigenvalue weighted by molar-refractivity contribution is -0.673. The molecule has 0 fully saturated rings. The molecule has 4 heteroatoms. The fourth-order valence-corrected chi connectivity index (χ4v) is 3.80. The molecule has 0 N–H and O–H groups in total. The quantitative estimate of drug-likeness (QED) is 0.502. The molecule has 0 atom stereocenters. The molecule has 0 spiro atoms. The Morgan fingerprint density at radius 1 is 1.04 bits per heavy atom. The molecular weight excluding hydrogens is 358 g/mol. The number of nitrogens with zero attached hydrogens (tertiary/aromatic N) is 1. The lowest BCUT2D eigenvalue weighted by Gasteiger charge is -2.21. The van der Waals surface area contributed by atoms with Crippen LogP contribution >= 0.6 is 0 Å². The zero-order valence-electron chi connectivity index (χ0n) is 15.8. The van der Waals surface area contributed by atoms with Gasteiger partial charge >= 0.3 is 5.97 Å². The first-order valence-corrected chi connectivity index (χ1v) is 9.00. The third kappa shape index (κ3) is 3.13. The zero-order valence-corrected chi connectivity index (χ0v) is 16.5. The van der Waals surface area contributed by atoms with Crippen molar-refractivity contribution in [1.29, 1.82) is 0 Å². The van der Waals surface area contributed by atoms with Gasteiger partial charge in [-0.3, -0.25) is 0 Å². The highest BCUT2D eigenvalue weighted by Gasteiger charge is 2.34. The number of fused-ring (bicyclic) bond motifs is 4. The van der Waals surface area contributed by atoms with Gasteiger partial charge in [-0.05, 0) is 38.5 Å². The minimum atomic E-state index is -0.261. The highest BCUT2D eigenvalue weighted by Crippen LogP contribution is 2.37. The van der Waals surface area contributed by atoms with E-state index in [0.29, 0.717) is 12.2 Å². The van der Waals surface area contributed by atoms with Gasteiger partial charge in [-0.15, -0.1) is 0 Å². The second kappa shape index (κ2) is 7.53. The molecule has 1 aliphatic heterocycles. The van der Waals surface area contributed by atoms with Crippen molar-refractivity contribution < 1.29 is 26.5 Å². The predicted octanol–water partition coefficient (Wildman–Crippen LogP) is 1.78. The zero-order chi connectivity index (χ0) is 18.3. The summed E-state index contributed by atoms with van der Waals surface area (Å²) in [5.41, 5.74) is 6.50. The number of halogens is 1. The van der Waals surface area contributed by atoms with E-state index in [9.17, 15) is 4.79 Å². The van der Waals surface area contributed by atoms with Crippen LogP contribution in [0.3, 0.4) is 0 Å². The summed E-state index contributed by atoms with van der Waals surface area (Å²) in [5, 5.41) is 1.99. The Morgan fingerprint density at radius 3 is 2.41 bits per heavy atom. The van der Waals surface area contributed by atoms with E-state index in [1.807, 2.05) is 37.3 Å². The maximum atomic E-state index is 12.9. The smallest absolute Gasteiger partial charge is 0.345 e. The van der Waals surface area contributed by atoms with Gasteiger partial charge in [-0.2, -0.15) is 4.57 Å². The Labute approximate surface area is 165 Å². The molecule has 0 saturated carbocycles. The molecular formula is C23H22ClNO2. The third-order valence-corrected chi connectivity index (χ3v) is 4.97. The molecule has 0 saturated heterocycles. The highest BCUT2D eigenvalue weighted by molar-refractivity contribution is 6.09. The molecule has 4 rings (SSSR count). The van der Waals surface area contributed by atoms with Gasteiger partial charge < -0.3 is 17.1 Å². The summed E-state index contributed by atoms with van der Waals surface area (Å²) in [5.74, 6) is -0.261. The fourth-order valence-electron chi connectivity index (χ4n) is 3.80. The van der Waals surface area contributed by atoms with E-state index in [2.05, 4.69) is 42.8 Å². The summed E-state index contributed by atoms with van der Waals surface area (Å²) in [6.07, 6.45) is 2.15. The van der Waals surface area contributed by atoms with Crippen LogP contribution in [0.15, 0.2) is 60.3 Å². The number of allylic oxidation sites excluding steroid dienone is 2. The molecule has 0 bridgehead atoms. The molecule has 27 heavy (non-hydrogen) atoms. The molecule has 0 aliphatic carbocycles. The first kappa shape index (κ1) is 19.1. The fraction of sp³-hybridized carbons (Fsp3) is 0.217. The van der Waals surface area contributed by atoms with Crippen molar-refractivity contribution in [1.82, 2.24) is 0 Å². The lowest BCUT2D eigenvalue weighted by atomic mass is 9.87. The molecule has 0 radical (unpaired) electrons. The Hall–Kier alpha value is -2.65. The summed E-state index contributed by atoms with van der Waals surface area (Å²) in [6, 6.07) is 16.4. The molecule has 1 aromatic heterocycles. The van der Waals surface area contributed by atoms with Crippen LogP contribution in [-0.2, 0) is 11.3 Å². The molecule has 2 heterocycles. The Kier molecular flexibility index (Phi) is 5.33. The molecule has 2 aromatic carbocycles. The van der Waals surface area contributed by atoms with Crippen molar-refractivity contribution in [3.05, 3.63) is 71.4 Å². The molecule has 3 nitrogen and oxygen atoms in total. The van der Waals surface area contributed by atoms with E-state index in [1.54, 1.807) is 0 Å². The van der Waals surface area contributed by atoms with Gasteiger partial charge in [0.05, 0.1) is 12.2 Å². The van der Waals surface area contributed by atoms with E-state index in [0.717, 1.165) is 28.6 Å². The Morgan fingerprint density at radius 2 is 1.70 bits per heavy atom. The Bertz CT molecular complexity index is 1070. The Balaban J connectivity index is 0.00000210. The minimum Gasteiger partial charge on any atom is -1.00 e. The number of carbonyl (C=O) groups is 1. The molecule has 0 amide bonds. The largest absolute Gasteiger partial charge is 1.00 e. The topological polar surface area (TPSA) is 30.2 Å². The van der Waals surface area contributed by atoms with E-state index < -0.39 is 0 Å². The van der Waals surface area contributed by atoms with E-state index in [-0.39, 0.29) is 18.4 Å². The van der Waals surface area contributed by atoms with Gasteiger partial charge in [0.1, 0.15) is 5.56 Å². The average Bonchev–Trinajstić information content (AvgIpc) is 2.65. The van der Waals surface area contributed by atoms with Gasteiger partial charge in [0, 0.05) is 16.3 Å². The van der Waals surface area contributed by atoms with Crippen molar-refractivity contribution >= 4 is 22.3 Å². The number of esters is 1. The average molecular weight is 380 g/mol. The van der Waals surface area contributed by atoms with Crippen molar-refractivity contribution in [3.8, 4) is 11.3 Å². The van der Waals surface area contributed by atoms with E-state index in [4.69, 9.17) is 4.74 Å². The van der Waals surface area contributed by atoms with E-state index >= 15 is 0 Å². The monoisotopic (exact) mass is 379 g/mol. The van der Waals surface area contributed by atoms with Crippen LogP contribution in [0.2, 0.25) is 0 Å². The van der Waals surface area contributed by atoms with Gasteiger partial charge in [0.15, 0.2) is 12.7 Å². The second-order valence-electron chi connectivity index (χ2n) is 6.81. The van der Waals surface area contributed by atoms with Crippen LogP contribution in [-0.4, -0.2) is 12.6 Å². The standard InChI is InChI=1S/C23H22NO2.ClH/c1-4-26-23(25)21-17-10-6-5-9-16(17)13-24-14-20(15(2)3)18-11-7-8-12-19(18)22(21)24;/h5-13H,4,14H2,1-3H3;1H/q+1;/p-1. The maximum absolute atomic E-state index is 12.9. The molecule has 138 valence electrons. The second-order valence-corrected chi connectivity index (χ2v) is 6.81. The molecule has 0 unspecified atom stereocenters. The number of benzene rings is 2. The normalized spacial score (nSPS) is 12.0. The first-order valence-electron chi connectivity index (χ1n) is 9.00. The van der Waals surface area contributed by atoms with Crippen LogP contribution < -0.4 is 17.0 Å². The number of hydrogen-bond donors (Lipinski definition) is 0. The van der Waals surface area contributed by atoms with Gasteiger partial charge in [0.2, 0.25) is 5.69 Å². The van der Waals surface area contributed by atoms with Crippen LogP contribution in [0.25, 0.3) is 27.6 Å². The minimum absolute atomic E-state index is 0. The number of rotatable bonds is 2. The lowest BCUT2D eigenvalue weighted by Crippen LogP contribution is -3.00. The van der Waals surface area contributed by atoms with Crippen LogP contribution in [0.4, 0.5) is 0 Å². The van der Waals surface area contributed by atoms with Crippen molar-refractivity contribution in [2.24, 2.45) is 0 Å². The summed E-state index contributed by atoms with van der Waals surface area (Å²) in [7, 11) is 0. The van der Waals surface area contributed by atoms with Crippen LogP contribution in [0.5, 0.6) is 0 Å². The van der Waals surface area contributed by atoms with Crippen molar-refractivity contribution in [2.75, 3.05) is 6.61 Å². The first-order chi connectivity index (χ1) is 12.6. The van der Waals surface area contributed by atoms with Gasteiger partial charge in [-0.1, -0.05) is 42.0 Å². The number of aromatic nitrogens is 1. The van der Waals surface area contributed by atoms with E-state index in [1.165, 1.54) is 16.7 Å². The number of carbonyl (C=O) groups excluding carboxylic acids is 1. The third-order valence-electron chi connectivity index (χ3n) is 4.97. The predicted molar refractivity (Wildman–Crippen MR) is 104 cm³/mol. The van der Waals surface area contributed by atoms with Gasteiger partial charge in [0.25, 0.3) is 0 Å². The molecule has 3 aromatic rings. The van der Waals surface area contributed by atoms with Crippen molar-refractivity contribution in [2.45, 2.75) is 27.3 Å². The number of hydrogen-bond acceptors (Lipinski definition) is 2. The SMILES string of the molecule is CCOC(=O)c1c2[n+](cc3ccccc13)CC(=C(C)C)c1ccccc1-2.[Cl-]. The summed E-state index contributed by atoms with van der Waals surface area (Å²) < 4.78 is 7.62. The molecule has 1 aliphatic rings. The van der Waals surface area contributed by atoms with Crippen molar-refractivity contribution in [3.63, 3.8) is 0 Å². The van der Waals surface area contributed by atoms with Crippen LogP contribution in [0.1, 0.15) is 36.7 Å². The maximum Gasteiger partial charge on any atom is 0.345 e.